The molecule has 0 bridgehead atoms. The van der Waals surface area contributed by atoms with E-state index in [1.165, 1.54) is 31.0 Å². The summed E-state index contributed by atoms with van der Waals surface area (Å²) >= 11 is 6.85. The number of aromatic nitrogens is 1. The number of halogens is 1. The second kappa shape index (κ2) is 6.41. The molecule has 1 heterocycles. The van der Waals surface area contributed by atoms with Crippen LogP contribution in [0.1, 0.15) is 6.42 Å². The first kappa shape index (κ1) is 13.7. The topological polar surface area (TPSA) is 82.3 Å². The molecule has 0 fully saturated rings. The molecule has 0 spiro atoms. The fraction of sp³-hybridized carbons (Fsp3) is 0.333. The molecule has 6 nitrogen and oxygen atoms in total. The lowest BCUT2D eigenvalue weighted by Gasteiger charge is -2.01. The lowest BCUT2D eigenvalue weighted by molar-refractivity contribution is -0.385. The number of thioether (sulfide) groups is 1. The third-order valence-corrected chi connectivity index (χ3v) is 2.86. The van der Waals surface area contributed by atoms with Crippen molar-refractivity contribution in [1.29, 1.82) is 0 Å². The molecule has 1 aromatic heterocycles. The van der Waals surface area contributed by atoms with Gasteiger partial charge in [-0.25, -0.2) is 4.98 Å². The molecule has 0 atom stereocenters. The third-order valence-electron chi connectivity index (χ3n) is 1.75. The van der Waals surface area contributed by atoms with Gasteiger partial charge < -0.3 is 4.74 Å². The molecule has 17 heavy (non-hydrogen) atoms. The van der Waals surface area contributed by atoms with Crippen molar-refractivity contribution in [2.45, 2.75) is 11.4 Å². The standard InChI is InChI=1S/C9H9ClN2O4S/c1-16-9(13)2-3-17-8-5-6(12(14)15)4-7(10)11-8/h4-5H,2-3H2,1H3. The molecule has 0 aliphatic heterocycles. The first-order chi connectivity index (χ1) is 8.02. The summed E-state index contributed by atoms with van der Waals surface area (Å²) in [4.78, 5) is 24.8. The molecule has 1 rings (SSSR count). The predicted octanol–water partition coefficient (Wildman–Crippen LogP) is 2.30. The highest BCUT2D eigenvalue weighted by atomic mass is 35.5. The maximum absolute atomic E-state index is 10.9. The molecule has 0 unspecified atom stereocenters. The highest BCUT2D eigenvalue weighted by Crippen LogP contribution is 2.24. The van der Waals surface area contributed by atoms with Gasteiger partial charge in [-0.15, -0.1) is 11.8 Å². The zero-order valence-corrected chi connectivity index (χ0v) is 10.5. The Labute approximate surface area is 106 Å². The van der Waals surface area contributed by atoms with Gasteiger partial charge in [0.05, 0.1) is 24.5 Å². The molecule has 92 valence electrons. The fourth-order valence-corrected chi connectivity index (χ4v) is 2.08. The molecular formula is C9H9ClN2O4S. The summed E-state index contributed by atoms with van der Waals surface area (Å²) in [7, 11) is 1.30. The summed E-state index contributed by atoms with van der Waals surface area (Å²) in [6.45, 7) is 0. The van der Waals surface area contributed by atoms with Crippen LogP contribution in [0.15, 0.2) is 17.2 Å². The van der Waals surface area contributed by atoms with E-state index >= 15 is 0 Å². The molecule has 8 heteroatoms. The van der Waals surface area contributed by atoms with Gasteiger partial charge in [0.25, 0.3) is 5.69 Å². The Morgan fingerprint density at radius 1 is 1.65 bits per heavy atom. The molecule has 0 saturated heterocycles. The second-order valence-electron chi connectivity index (χ2n) is 2.92. The number of hydrogen-bond acceptors (Lipinski definition) is 6. The minimum atomic E-state index is -0.544. The van der Waals surface area contributed by atoms with Crippen molar-refractivity contribution in [2.24, 2.45) is 0 Å². The van der Waals surface area contributed by atoms with E-state index < -0.39 is 4.92 Å². The SMILES string of the molecule is COC(=O)CCSc1cc([N+](=O)[O-])cc(Cl)n1. The van der Waals surface area contributed by atoms with Gasteiger partial charge in [-0.1, -0.05) is 11.6 Å². The molecule has 0 amide bonds. The van der Waals surface area contributed by atoms with Crippen LogP contribution < -0.4 is 0 Å². The summed E-state index contributed by atoms with van der Waals surface area (Å²) in [6, 6.07) is 2.49. The number of methoxy groups -OCH3 is 1. The van der Waals surface area contributed by atoms with Crippen LogP contribution in [0.2, 0.25) is 5.15 Å². The third kappa shape index (κ3) is 4.58. The number of rotatable bonds is 5. The van der Waals surface area contributed by atoms with E-state index in [9.17, 15) is 14.9 Å². The maximum atomic E-state index is 10.9. The molecular weight excluding hydrogens is 268 g/mol. The lowest BCUT2D eigenvalue weighted by atomic mass is 10.4. The summed E-state index contributed by atoms with van der Waals surface area (Å²) in [5.41, 5.74) is -0.120. The number of pyridine rings is 1. The van der Waals surface area contributed by atoms with Crippen LogP contribution >= 0.6 is 23.4 Å². The minimum absolute atomic E-state index is 0.0553. The largest absolute Gasteiger partial charge is 0.469 e. The Morgan fingerprint density at radius 3 is 2.94 bits per heavy atom. The van der Waals surface area contributed by atoms with Crippen LogP contribution in [0.25, 0.3) is 0 Å². The van der Waals surface area contributed by atoms with Crippen molar-refractivity contribution in [1.82, 2.24) is 4.98 Å². The van der Waals surface area contributed by atoms with Gasteiger partial charge in [0.1, 0.15) is 10.2 Å². The predicted molar refractivity (Wildman–Crippen MR) is 63.3 cm³/mol. The number of hydrogen-bond donors (Lipinski definition) is 0. The smallest absolute Gasteiger partial charge is 0.306 e. The first-order valence-corrected chi connectivity index (χ1v) is 5.91. The quantitative estimate of drug-likeness (QED) is 0.270. The van der Waals surface area contributed by atoms with E-state index in [-0.39, 0.29) is 23.2 Å². The summed E-state index contributed by atoms with van der Waals surface area (Å²) in [6.07, 6.45) is 0.211. The van der Waals surface area contributed by atoms with Crippen molar-refractivity contribution >= 4 is 35.0 Å². The molecule has 0 aliphatic rings. The number of esters is 1. The van der Waals surface area contributed by atoms with E-state index in [1.807, 2.05) is 0 Å². The Hall–Kier alpha value is -1.34. The summed E-state index contributed by atoms with van der Waals surface area (Å²) < 4.78 is 4.47. The van der Waals surface area contributed by atoms with Gasteiger partial charge in [-0.05, 0) is 0 Å². The summed E-state index contributed by atoms with van der Waals surface area (Å²) in [5, 5.41) is 11.0. The number of carbonyl (C=O) groups excluding carboxylic acids is 1. The average molecular weight is 277 g/mol. The van der Waals surface area contributed by atoms with E-state index in [0.717, 1.165) is 0 Å². The monoisotopic (exact) mass is 276 g/mol. The molecule has 0 aromatic carbocycles. The van der Waals surface area contributed by atoms with Crippen molar-refractivity contribution in [2.75, 3.05) is 12.9 Å². The van der Waals surface area contributed by atoms with Gasteiger partial charge in [-0.3, -0.25) is 14.9 Å². The van der Waals surface area contributed by atoms with Crippen LogP contribution in [0.3, 0.4) is 0 Å². The van der Waals surface area contributed by atoms with E-state index in [2.05, 4.69) is 9.72 Å². The van der Waals surface area contributed by atoms with Crippen molar-refractivity contribution in [3.63, 3.8) is 0 Å². The Morgan fingerprint density at radius 2 is 2.35 bits per heavy atom. The van der Waals surface area contributed by atoms with Gasteiger partial charge in [-0.2, -0.15) is 0 Å². The average Bonchev–Trinajstić information content (AvgIpc) is 2.28. The van der Waals surface area contributed by atoms with Gasteiger partial charge in [0, 0.05) is 11.8 Å². The minimum Gasteiger partial charge on any atom is -0.469 e. The molecule has 0 saturated carbocycles. The Balaban J connectivity index is 2.65. The van der Waals surface area contributed by atoms with Crippen LogP contribution in [-0.4, -0.2) is 28.7 Å². The van der Waals surface area contributed by atoms with Gasteiger partial charge >= 0.3 is 5.97 Å². The van der Waals surface area contributed by atoms with E-state index in [1.54, 1.807) is 0 Å². The Kier molecular flexibility index (Phi) is 5.17. The molecule has 0 aliphatic carbocycles. The van der Waals surface area contributed by atoms with E-state index in [4.69, 9.17) is 11.6 Å². The van der Waals surface area contributed by atoms with Crippen molar-refractivity contribution in [3.05, 3.63) is 27.4 Å². The van der Waals surface area contributed by atoms with Gasteiger partial charge in [0.2, 0.25) is 0 Å². The zero-order valence-electron chi connectivity index (χ0n) is 8.88. The van der Waals surface area contributed by atoms with Crippen LogP contribution in [0.5, 0.6) is 0 Å². The van der Waals surface area contributed by atoms with Crippen LogP contribution in [0, 0.1) is 10.1 Å². The first-order valence-electron chi connectivity index (χ1n) is 4.54. The van der Waals surface area contributed by atoms with Crippen molar-refractivity contribution < 1.29 is 14.5 Å². The zero-order chi connectivity index (χ0) is 12.8. The summed E-state index contributed by atoms with van der Waals surface area (Å²) in [5.74, 6) is 0.0889. The van der Waals surface area contributed by atoms with Gasteiger partial charge in [0.15, 0.2) is 0 Å². The van der Waals surface area contributed by atoms with Crippen LogP contribution in [0.4, 0.5) is 5.69 Å². The fourth-order valence-electron chi connectivity index (χ4n) is 0.980. The number of nitro groups is 1. The van der Waals surface area contributed by atoms with E-state index in [0.29, 0.717) is 10.8 Å². The maximum Gasteiger partial charge on any atom is 0.306 e. The number of nitrogens with zero attached hydrogens (tertiary/aromatic N) is 2. The molecule has 0 radical (unpaired) electrons. The number of carbonyl (C=O) groups is 1. The lowest BCUT2D eigenvalue weighted by Crippen LogP contribution is -2.01. The molecule has 1 aromatic rings. The highest BCUT2D eigenvalue weighted by Gasteiger charge is 2.11. The second-order valence-corrected chi connectivity index (χ2v) is 4.42. The molecule has 0 N–H and O–H groups in total. The van der Waals surface area contributed by atoms with Crippen LogP contribution in [-0.2, 0) is 9.53 Å². The number of ether oxygens (including phenoxy) is 1. The highest BCUT2D eigenvalue weighted by molar-refractivity contribution is 7.99. The normalized spacial score (nSPS) is 10.0. The Bertz CT molecular complexity index is 441. The van der Waals surface area contributed by atoms with Crippen molar-refractivity contribution in [3.8, 4) is 0 Å².